The van der Waals surface area contributed by atoms with E-state index in [9.17, 15) is 43.9 Å². The van der Waals surface area contributed by atoms with E-state index in [2.05, 4.69) is 0 Å². The number of hydrogen-bond acceptors (Lipinski definition) is 2. The van der Waals surface area contributed by atoms with Gasteiger partial charge in [-0.05, 0) is 0 Å². The lowest BCUT2D eigenvalue weighted by Gasteiger charge is -2.25. The van der Waals surface area contributed by atoms with Gasteiger partial charge in [-0.1, -0.05) is 0 Å². The zero-order valence-electron chi connectivity index (χ0n) is 7.25. The highest BCUT2D eigenvalue weighted by Crippen LogP contribution is 2.37. The van der Waals surface area contributed by atoms with Crippen LogP contribution in [0.5, 0.6) is 0 Å². The Labute approximate surface area is 86.1 Å². The third-order valence-corrected chi connectivity index (χ3v) is 1.03. The van der Waals surface area contributed by atoms with Gasteiger partial charge in [0, 0.05) is 0 Å². The van der Waals surface area contributed by atoms with Crippen LogP contribution in [-0.2, 0) is 9.47 Å². The molecule has 0 fully saturated rings. The standard InChI is InChI=1S/C5H2F10O2/c6-1(7)3(9,10)17-4(11,12)2(8)16-5(13,14)15/h1-2H. The van der Waals surface area contributed by atoms with Crippen molar-refractivity contribution >= 4 is 0 Å². The Morgan fingerprint density at radius 2 is 1.12 bits per heavy atom. The number of hydrogen-bond donors (Lipinski definition) is 0. The van der Waals surface area contributed by atoms with Gasteiger partial charge in [0.25, 0.3) is 6.36 Å². The number of ether oxygens (including phenoxy) is 2. The van der Waals surface area contributed by atoms with Crippen LogP contribution in [0.4, 0.5) is 43.9 Å². The molecule has 0 N–H and O–H groups in total. The molecule has 0 aliphatic carbocycles. The Kier molecular flexibility index (Phi) is 4.62. The molecule has 0 amide bonds. The summed E-state index contributed by atoms with van der Waals surface area (Å²) in [5.41, 5.74) is 0. The molecule has 0 aliphatic rings. The summed E-state index contributed by atoms with van der Waals surface area (Å²) in [5, 5.41) is 0. The van der Waals surface area contributed by atoms with Crippen LogP contribution in [0.25, 0.3) is 0 Å². The van der Waals surface area contributed by atoms with Gasteiger partial charge in [-0.25, -0.2) is 22.6 Å². The van der Waals surface area contributed by atoms with Crippen LogP contribution in [0.15, 0.2) is 0 Å². The van der Waals surface area contributed by atoms with Crippen LogP contribution >= 0.6 is 0 Å². The molecule has 104 valence electrons. The number of rotatable bonds is 5. The van der Waals surface area contributed by atoms with Gasteiger partial charge in [-0.3, -0.25) is 0 Å². The maximum Gasteiger partial charge on any atom is 0.525 e. The predicted molar refractivity (Wildman–Crippen MR) is 29.0 cm³/mol. The summed E-state index contributed by atoms with van der Waals surface area (Å²) >= 11 is 0. The summed E-state index contributed by atoms with van der Waals surface area (Å²) in [4.78, 5) is 0. The fourth-order valence-corrected chi connectivity index (χ4v) is 0.458. The van der Waals surface area contributed by atoms with Crippen molar-refractivity contribution in [2.45, 2.75) is 31.4 Å². The fraction of sp³-hybridized carbons (Fsp3) is 1.00. The molecule has 0 radical (unpaired) electrons. The molecule has 1 atom stereocenters. The topological polar surface area (TPSA) is 18.5 Å². The highest BCUT2D eigenvalue weighted by molar-refractivity contribution is 4.65. The first-order valence-electron chi connectivity index (χ1n) is 3.40. The van der Waals surface area contributed by atoms with Gasteiger partial charge in [-0.2, -0.15) is 17.6 Å². The smallest absolute Gasteiger partial charge is 0.248 e. The summed E-state index contributed by atoms with van der Waals surface area (Å²) in [6.45, 7) is 0. The Bertz CT molecular complexity index is 248. The van der Waals surface area contributed by atoms with Crippen LogP contribution in [0.3, 0.4) is 0 Å². The zero-order chi connectivity index (χ0) is 14.1. The SMILES string of the molecule is FC(F)C(F)(F)OC(F)(F)C(F)OC(F)(F)F. The van der Waals surface area contributed by atoms with Crippen LogP contribution in [0.1, 0.15) is 0 Å². The Balaban J connectivity index is 4.68. The Hall–Kier alpha value is -0.780. The lowest BCUT2D eigenvalue weighted by molar-refractivity contribution is -0.471. The minimum atomic E-state index is -5.92. The molecule has 0 spiro atoms. The average molecular weight is 284 g/mol. The molecule has 12 heteroatoms. The van der Waals surface area contributed by atoms with E-state index in [1.54, 1.807) is 0 Å². The largest absolute Gasteiger partial charge is 0.525 e. The average Bonchev–Trinajstić information content (AvgIpc) is 1.97. The van der Waals surface area contributed by atoms with E-state index in [4.69, 9.17) is 0 Å². The lowest BCUT2D eigenvalue weighted by Crippen LogP contribution is -2.46. The summed E-state index contributed by atoms with van der Waals surface area (Å²) in [5.74, 6) is 0. The van der Waals surface area contributed by atoms with Gasteiger partial charge in [0.15, 0.2) is 0 Å². The molecule has 1 unspecified atom stereocenters. The molecule has 0 aliphatic heterocycles. The number of halogens is 10. The van der Waals surface area contributed by atoms with E-state index >= 15 is 0 Å². The van der Waals surface area contributed by atoms with Crippen molar-refractivity contribution in [3.63, 3.8) is 0 Å². The van der Waals surface area contributed by atoms with E-state index < -0.39 is 31.4 Å². The molecule has 2 nitrogen and oxygen atoms in total. The monoisotopic (exact) mass is 284 g/mol. The molecule has 0 aromatic rings. The van der Waals surface area contributed by atoms with Crippen molar-refractivity contribution in [1.29, 1.82) is 0 Å². The highest BCUT2D eigenvalue weighted by Gasteiger charge is 2.58. The Morgan fingerprint density at radius 3 is 1.41 bits per heavy atom. The van der Waals surface area contributed by atoms with Gasteiger partial charge in [0.2, 0.25) is 0 Å². The lowest BCUT2D eigenvalue weighted by atomic mass is 10.6. The molecule has 0 heterocycles. The number of alkyl halides is 10. The van der Waals surface area contributed by atoms with Crippen LogP contribution in [0, 0.1) is 0 Å². The first-order valence-corrected chi connectivity index (χ1v) is 3.40. The molecule has 0 saturated carbocycles. The van der Waals surface area contributed by atoms with Gasteiger partial charge < -0.3 is 0 Å². The van der Waals surface area contributed by atoms with E-state index in [1.165, 1.54) is 0 Å². The van der Waals surface area contributed by atoms with E-state index in [0.717, 1.165) is 0 Å². The maximum absolute atomic E-state index is 12.2. The molecule has 17 heavy (non-hydrogen) atoms. The van der Waals surface area contributed by atoms with E-state index in [1.807, 2.05) is 9.47 Å². The fourth-order valence-electron chi connectivity index (χ4n) is 0.458. The quantitative estimate of drug-likeness (QED) is 0.721. The molecule has 0 bridgehead atoms. The summed E-state index contributed by atoms with van der Waals surface area (Å²) < 4.78 is 121. The molecular weight excluding hydrogens is 282 g/mol. The normalized spacial score (nSPS) is 16.4. The summed E-state index contributed by atoms with van der Waals surface area (Å²) in [6.07, 6.45) is -27.2. The van der Waals surface area contributed by atoms with Crippen molar-refractivity contribution in [3.05, 3.63) is 0 Å². The second kappa shape index (κ2) is 4.84. The maximum atomic E-state index is 12.2. The zero-order valence-corrected chi connectivity index (χ0v) is 7.25. The van der Waals surface area contributed by atoms with Crippen molar-refractivity contribution < 1.29 is 53.4 Å². The van der Waals surface area contributed by atoms with Crippen molar-refractivity contribution in [1.82, 2.24) is 0 Å². The van der Waals surface area contributed by atoms with Crippen molar-refractivity contribution in [3.8, 4) is 0 Å². The van der Waals surface area contributed by atoms with Crippen LogP contribution in [-0.4, -0.2) is 31.4 Å². The minimum absolute atomic E-state index is 1.98. The first kappa shape index (κ1) is 16.2. The van der Waals surface area contributed by atoms with Gasteiger partial charge in [-0.15, -0.1) is 13.2 Å². The minimum Gasteiger partial charge on any atom is -0.248 e. The first-order chi connectivity index (χ1) is 7.28. The van der Waals surface area contributed by atoms with Gasteiger partial charge >= 0.3 is 25.0 Å². The van der Waals surface area contributed by atoms with Gasteiger partial charge in [0.1, 0.15) is 0 Å². The Morgan fingerprint density at radius 1 is 0.706 bits per heavy atom. The van der Waals surface area contributed by atoms with Crippen LogP contribution < -0.4 is 0 Å². The van der Waals surface area contributed by atoms with E-state index in [0.29, 0.717) is 0 Å². The highest BCUT2D eigenvalue weighted by atomic mass is 19.4. The van der Waals surface area contributed by atoms with Crippen molar-refractivity contribution in [2.75, 3.05) is 0 Å². The molecular formula is C5H2F10O2. The summed E-state index contributed by atoms with van der Waals surface area (Å²) in [6, 6.07) is 0. The van der Waals surface area contributed by atoms with Crippen molar-refractivity contribution in [2.24, 2.45) is 0 Å². The van der Waals surface area contributed by atoms with Gasteiger partial charge in [0.05, 0.1) is 0 Å². The van der Waals surface area contributed by atoms with E-state index in [-0.39, 0.29) is 0 Å². The molecule has 0 aromatic heterocycles. The molecule has 0 rings (SSSR count). The molecule has 0 aromatic carbocycles. The third kappa shape index (κ3) is 5.39. The summed E-state index contributed by atoms with van der Waals surface area (Å²) in [7, 11) is 0. The predicted octanol–water partition coefficient (Wildman–Crippen LogP) is 3.29. The third-order valence-electron chi connectivity index (χ3n) is 1.03. The van der Waals surface area contributed by atoms with Crippen LogP contribution in [0.2, 0.25) is 0 Å². The second-order valence-electron chi connectivity index (χ2n) is 2.41. The molecule has 0 saturated heterocycles. The second-order valence-corrected chi connectivity index (χ2v) is 2.41.